The highest BCUT2D eigenvalue weighted by molar-refractivity contribution is 6.01. The van der Waals surface area contributed by atoms with E-state index in [1.54, 1.807) is 24.3 Å². The number of rotatable bonds is 9. The predicted molar refractivity (Wildman–Crippen MR) is 144 cm³/mol. The smallest absolute Gasteiger partial charge is 0.337 e. The van der Waals surface area contributed by atoms with Crippen LogP contribution in [0.1, 0.15) is 34.8 Å². The van der Waals surface area contributed by atoms with Gasteiger partial charge >= 0.3 is 5.97 Å². The van der Waals surface area contributed by atoms with Crippen LogP contribution in [0.15, 0.2) is 72.8 Å². The molecule has 1 aliphatic rings. The zero-order valence-corrected chi connectivity index (χ0v) is 21.8. The summed E-state index contributed by atoms with van der Waals surface area (Å²) >= 11 is 0. The van der Waals surface area contributed by atoms with Gasteiger partial charge in [0.15, 0.2) is 0 Å². The summed E-state index contributed by atoms with van der Waals surface area (Å²) < 4.78 is 25.8. The van der Waals surface area contributed by atoms with Crippen molar-refractivity contribution in [2.45, 2.75) is 31.5 Å². The van der Waals surface area contributed by atoms with Crippen LogP contribution in [0.2, 0.25) is 0 Å². The highest BCUT2D eigenvalue weighted by atomic mass is 19.1. The molecule has 1 fully saturated rings. The minimum atomic E-state index is -1.15. The average Bonchev–Trinajstić information content (AvgIpc) is 3.65. The molecule has 5 rings (SSSR count). The van der Waals surface area contributed by atoms with Crippen molar-refractivity contribution in [3.63, 3.8) is 0 Å². The van der Waals surface area contributed by atoms with Crippen LogP contribution in [0.25, 0.3) is 11.0 Å². The zero-order valence-electron chi connectivity index (χ0n) is 21.8. The number of benzene rings is 3. The first kappa shape index (κ1) is 26.9. The van der Waals surface area contributed by atoms with Crippen molar-refractivity contribution in [2.24, 2.45) is 0 Å². The topological polar surface area (TPSA) is 116 Å². The number of para-hydroxylation sites is 1. The Balaban J connectivity index is 1.54. The van der Waals surface area contributed by atoms with E-state index in [1.807, 2.05) is 12.1 Å². The minimum absolute atomic E-state index is 0.122. The first-order valence-corrected chi connectivity index (χ1v) is 12.9. The van der Waals surface area contributed by atoms with E-state index in [-0.39, 0.29) is 19.2 Å². The van der Waals surface area contributed by atoms with Gasteiger partial charge in [-0.3, -0.25) is 14.5 Å². The largest absolute Gasteiger partial charge is 0.465 e. The quantitative estimate of drug-likeness (QED) is 0.321. The molecular weight excluding hydrogens is 517 g/mol. The molecule has 3 aromatic carbocycles. The second-order valence-corrected chi connectivity index (χ2v) is 9.37. The van der Waals surface area contributed by atoms with Crippen molar-refractivity contribution in [1.82, 2.24) is 20.3 Å². The van der Waals surface area contributed by atoms with Gasteiger partial charge in [0.05, 0.1) is 24.3 Å². The SMILES string of the molecule is COC(=O)c1ccc([C@H](C(=O)NC[C@H]2CCCO2)N(C(=O)Cn2nnc3ccccc32)c2ccc(F)cc2)cc1. The average molecular weight is 546 g/mol. The number of amides is 2. The summed E-state index contributed by atoms with van der Waals surface area (Å²) in [6, 6.07) is 17.6. The summed E-state index contributed by atoms with van der Waals surface area (Å²) in [4.78, 5) is 41.2. The van der Waals surface area contributed by atoms with Crippen LogP contribution in [-0.2, 0) is 25.6 Å². The maximum Gasteiger partial charge on any atom is 0.337 e. The monoisotopic (exact) mass is 545 g/mol. The number of nitrogens with one attached hydrogen (secondary N) is 1. The molecular formula is C29H28FN5O5. The maximum absolute atomic E-state index is 14.0. The molecule has 11 heteroatoms. The normalized spacial score (nSPS) is 15.5. The lowest BCUT2D eigenvalue weighted by molar-refractivity contribution is -0.127. The van der Waals surface area contributed by atoms with Gasteiger partial charge in [-0.2, -0.15) is 0 Å². The molecule has 0 bridgehead atoms. The number of halogens is 1. The van der Waals surface area contributed by atoms with E-state index >= 15 is 0 Å². The van der Waals surface area contributed by atoms with Crippen LogP contribution in [0.3, 0.4) is 0 Å². The van der Waals surface area contributed by atoms with Gasteiger partial charge in [-0.25, -0.2) is 13.9 Å². The van der Waals surface area contributed by atoms with Crippen LogP contribution in [0.4, 0.5) is 10.1 Å². The number of methoxy groups -OCH3 is 1. The molecule has 0 radical (unpaired) electrons. The number of hydrogen-bond donors (Lipinski definition) is 1. The Bertz CT molecular complexity index is 1500. The highest BCUT2D eigenvalue weighted by Crippen LogP contribution is 2.30. The summed E-state index contributed by atoms with van der Waals surface area (Å²) in [5, 5.41) is 11.2. The standard InChI is InChI=1S/C29H28FN5O5/c1-39-29(38)20-10-8-19(9-11-20)27(28(37)31-17-23-5-4-16-40-23)35(22-14-12-21(30)13-15-22)26(36)18-34-25-7-3-2-6-24(25)32-33-34/h2-3,6-15,23,27H,4-5,16-18H2,1H3,(H,31,37)/t23-,27-/m1/s1. The second kappa shape index (κ2) is 12.0. The van der Waals surface area contributed by atoms with Gasteiger partial charge in [0.25, 0.3) is 0 Å². The van der Waals surface area contributed by atoms with E-state index in [0.717, 1.165) is 12.8 Å². The first-order chi connectivity index (χ1) is 19.4. The van der Waals surface area contributed by atoms with E-state index < -0.39 is 29.6 Å². The third-order valence-corrected chi connectivity index (χ3v) is 6.76. The lowest BCUT2D eigenvalue weighted by Crippen LogP contribution is -2.46. The lowest BCUT2D eigenvalue weighted by Gasteiger charge is -2.32. The van der Waals surface area contributed by atoms with Crippen molar-refractivity contribution < 1.29 is 28.2 Å². The van der Waals surface area contributed by atoms with Crippen molar-refractivity contribution in [3.05, 3.63) is 89.7 Å². The van der Waals surface area contributed by atoms with Crippen LogP contribution >= 0.6 is 0 Å². The van der Waals surface area contributed by atoms with Crippen molar-refractivity contribution in [2.75, 3.05) is 25.2 Å². The number of carbonyl (C=O) groups is 3. The predicted octanol–water partition coefficient (Wildman–Crippen LogP) is 3.43. The van der Waals surface area contributed by atoms with Gasteiger partial charge in [-0.1, -0.05) is 29.5 Å². The van der Waals surface area contributed by atoms with Gasteiger partial charge in [-0.15, -0.1) is 5.10 Å². The fraction of sp³-hybridized carbons (Fsp3) is 0.276. The number of anilines is 1. The number of esters is 1. The molecule has 1 saturated heterocycles. The summed E-state index contributed by atoms with van der Waals surface area (Å²) in [7, 11) is 1.28. The fourth-order valence-electron chi connectivity index (χ4n) is 4.73. The van der Waals surface area contributed by atoms with Crippen LogP contribution in [-0.4, -0.2) is 59.1 Å². The van der Waals surface area contributed by atoms with E-state index in [9.17, 15) is 18.8 Å². The van der Waals surface area contributed by atoms with Gasteiger partial charge in [0, 0.05) is 18.8 Å². The molecule has 0 unspecified atom stereocenters. The second-order valence-electron chi connectivity index (χ2n) is 9.37. The summed E-state index contributed by atoms with van der Waals surface area (Å²) in [5.41, 5.74) is 2.31. The molecule has 1 aliphatic heterocycles. The molecule has 2 heterocycles. The number of fused-ring (bicyclic) bond motifs is 1. The minimum Gasteiger partial charge on any atom is -0.465 e. The third kappa shape index (κ3) is 5.84. The molecule has 1 N–H and O–H groups in total. The zero-order chi connectivity index (χ0) is 28.1. The van der Waals surface area contributed by atoms with E-state index in [2.05, 4.69) is 15.6 Å². The highest BCUT2D eigenvalue weighted by Gasteiger charge is 2.34. The molecule has 0 spiro atoms. The van der Waals surface area contributed by atoms with Crippen molar-refractivity contribution in [1.29, 1.82) is 0 Å². The molecule has 0 saturated carbocycles. The number of ether oxygens (including phenoxy) is 2. The Morgan fingerprint density at radius 3 is 2.55 bits per heavy atom. The van der Waals surface area contributed by atoms with Gasteiger partial charge in [0.2, 0.25) is 11.8 Å². The molecule has 10 nitrogen and oxygen atoms in total. The maximum atomic E-state index is 14.0. The van der Waals surface area contributed by atoms with Crippen LogP contribution in [0.5, 0.6) is 0 Å². The summed E-state index contributed by atoms with van der Waals surface area (Å²) in [6.07, 6.45) is 1.60. The Morgan fingerprint density at radius 1 is 1.10 bits per heavy atom. The van der Waals surface area contributed by atoms with E-state index in [0.29, 0.717) is 34.5 Å². The number of carbonyl (C=O) groups excluding carboxylic acids is 3. The van der Waals surface area contributed by atoms with E-state index in [4.69, 9.17) is 9.47 Å². The van der Waals surface area contributed by atoms with Crippen LogP contribution in [0, 0.1) is 5.82 Å². The van der Waals surface area contributed by atoms with E-state index in [1.165, 1.54) is 53.1 Å². The molecule has 2 atom stereocenters. The fourth-order valence-corrected chi connectivity index (χ4v) is 4.73. The Hall–Kier alpha value is -4.64. The van der Waals surface area contributed by atoms with Crippen LogP contribution < -0.4 is 10.2 Å². The number of nitrogens with zero attached hydrogens (tertiary/aromatic N) is 4. The summed E-state index contributed by atoms with van der Waals surface area (Å²) in [5.74, 6) is -1.95. The lowest BCUT2D eigenvalue weighted by atomic mass is 10.0. The Labute approximate surface area is 229 Å². The molecule has 4 aromatic rings. The Kier molecular flexibility index (Phi) is 8.11. The first-order valence-electron chi connectivity index (χ1n) is 12.9. The Morgan fingerprint density at radius 2 is 1.85 bits per heavy atom. The molecule has 40 heavy (non-hydrogen) atoms. The van der Waals surface area contributed by atoms with Crippen molar-refractivity contribution >= 4 is 34.5 Å². The molecule has 0 aliphatic carbocycles. The third-order valence-electron chi connectivity index (χ3n) is 6.76. The summed E-state index contributed by atoms with van der Waals surface area (Å²) in [6.45, 7) is 0.674. The van der Waals surface area contributed by atoms with Gasteiger partial charge in [0.1, 0.15) is 23.9 Å². The molecule has 206 valence electrons. The molecule has 2 amide bonds. The van der Waals surface area contributed by atoms with Gasteiger partial charge in [-0.05, 0) is 66.9 Å². The van der Waals surface area contributed by atoms with Crippen molar-refractivity contribution in [3.8, 4) is 0 Å². The van der Waals surface area contributed by atoms with Gasteiger partial charge < -0.3 is 14.8 Å². The number of hydrogen-bond acceptors (Lipinski definition) is 7. The number of aromatic nitrogens is 3. The molecule has 1 aromatic heterocycles.